The molecule has 9 aromatic rings. The van der Waals surface area contributed by atoms with Crippen LogP contribution in [0.1, 0.15) is 29.5 Å². The Balaban J connectivity index is 0.982. The van der Waals surface area contributed by atoms with Crippen LogP contribution >= 0.6 is 0 Å². The fourth-order valence-electron chi connectivity index (χ4n) is 9.02. The van der Waals surface area contributed by atoms with Gasteiger partial charge in [-0.2, -0.15) is 0 Å². The predicted molar refractivity (Wildman–Crippen MR) is 238 cm³/mol. The van der Waals surface area contributed by atoms with E-state index in [0.717, 1.165) is 24.1 Å². The molecule has 264 valence electrons. The molecule has 2 aliphatic carbocycles. The summed E-state index contributed by atoms with van der Waals surface area (Å²) >= 11 is 0. The first kappa shape index (κ1) is 32.3. The van der Waals surface area contributed by atoms with Gasteiger partial charge in [-0.1, -0.05) is 140 Å². The van der Waals surface area contributed by atoms with Gasteiger partial charge >= 0.3 is 0 Å². The van der Waals surface area contributed by atoms with Crippen LogP contribution < -0.4 is 4.90 Å². The Morgan fingerprint density at radius 2 is 1.09 bits per heavy atom. The number of rotatable bonds is 6. The Morgan fingerprint density at radius 1 is 0.429 bits per heavy atom. The molecule has 0 amide bonds. The van der Waals surface area contributed by atoms with E-state index in [9.17, 15) is 0 Å². The second-order valence-corrected chi connectivity index (χ2v) is 15.0. The van der Waals surface area contributed by atoms with Gasteiger partial charge in [0, 0.05) is 33.5 Å². The van der Waals surface area contributed by atoms with Crippen LogP contribution in [-0.4, -0.2) is 4.57 Å². The lowest BCUT2D eigenvalue weighted by Gasteiger charge is -2.30. The molecular formula is C54H38N2. The van der Waals surface area contributed by atoms with Gasteiger partial charge in [-0.25, -0.2) is 0 Å². The van der Waals surface area contributed by atoms with E-state index in [1.807, 2.05) is 0 Å². The van der Waals surface area contributed by atoms with Crippen LogP contribution in [0.4, 0.5) is 11.4 Å². The average Bonchev–Trinajstić information content (AvgIpc) is 3.75. The summed E-state index contributed by atoms with van der Waals surface area (Å²) in [6.07, 6.45) is 6.55. The molecule has 0 unspecified atom stereocenters. The van der Waals surface area contributed by atoms with E-state index in [4.69, 9.17) is 0 Å². The Labute approximate surface area is 327 Å². The molecule has 0 fully saturated rings. The lowest BCUT2D eigenvalue weighted by atomic mass is 9.93. The van der Waals surface area contributed by atoms with E-state index < -0.39 is 0 Å². The number of fused-ring (bicyclic) bond motifs is 7. The van der Waals surface area contributed by atoms with Crippen LogP contribution in [0.2, 0.25) is 0 Å². The van der Waals surface area contributed by atoms with Crippen molar-refractivity contribution in [3.8, 4) is 27.9 Å². The fourth-order valence-corrected chi connectivity index (χ4v) is 9.02. The van der Waals surface area contributed by atoms with Gasteiger partial charge < -0.3 is 9.47 Å². The summed E-state index contributed by atoms with van der Waals surface area (Å²) in [5.41, 5.74) is 18.3. The normalized spacial score (nSPS) is 13.5. The summed E-state index contributed by atoms with van der Waals surface area (Å²) in [7, 11) is 0. The monoisotopic (exact) mass is 714 g/mol. The smallest absolute Gasteiger partial charge is 0.0541 e. The lowest BCUT2D eigenvalue weighted by molar-refractivity contribution is 0.930. The Hall–Kier alpha value is -7.16. The average molecular weight is 715 g/mol. The summed E-state index contributed by atoms with van der Waals surface area (Å²) in [5, 5.41) is 5.03. The highest BCUT2D eigenvalue weighted by molar-refractivity contribution is 6.10. The minimum absolute atomic E-state index is 0.921. The molecule has 1 heterocycles. The zero-order valence-electron chi connectivity index (χ0n) is 31.0. The van der Waals surface area contributed by atoms with Crippen molar-refractivity contribution in [3.05, 3.63) is 223 Å². The Bertz CT molecular complexity index is 3080. The molecular weight excluding hydrogens is 677 g/mol. The molecule has 0 saturated carbocycles. The van der Waals surface area contributed by atoms with Gasteiger partial charge in [-0.3, -0.25) is 0 Å². The molecule has 8 aromatic carbocycles. The minimum Gasteiger partial charge on any atom is -0.314 e. The van der Waals surface area contributed by atoms with E-state index in [-0.39, 0.29) is 0 Å². The molecule has 0 atom stereocenters. The summed E-state index contributed by atoms with van der Waals surface area (Å²) in [6.45, 7) is 4.54. The molecule has 0 spiro atoms. The van der Waals surface area contributed by atoms with Crippen molar-refractivity contribution in [2.45, 2.75) is 12.8 Å². The number of hydrogen-bond acceptors (Lipinski definition) is 1. The maximum absolute atomic E-state index is 4.54. The van der Waals surface area contributed by atoms with Crippen molar-refractivity contribution >= 4 is 55.1 Å². The third-order valence-electron chi connectivity index (χ3n) is 11.8. The van der Waals surface area contributed by atoms with E-state index in [1.165, 1.54) is 94.2 Å². The first-order valence-corrected chi connectivity index (χ1v) is 19.5. The van der Waals surface area contributed by atoms with Crippen molar-refractivity contribution in [2.24, 2.45) is 0 Å². The highest BCUT2D eigenvalue weighted by Crippen LogP contribution is 2.47. The van der Waals surface area contributed by atoms with E-state index in [0.29, 0.717) is 0 Å². The summed E-state index contributed by atoms with van der Waals surface area (Å²) in [4.78, 5) is 2.45. The third-order valence-corrected chi connectivity index (χ3v) is 11.8. The maximum atomic E-state index is 4.54. The van der Waals surface area contributed by atoms with E-state index >= 15 is 0 Å². The van der Waals surface area contributed by atoms with Gasteiger partial charge in [-0.15, -0.1) is 0 Å². The zero-order chi connectivity index (χ0) is 37.2. The fraction of sp³-hybridized carbons (Fsp3) is 0.0370. The van der Waals surface area contributed by atoms with Gasteiger partial charge in [-0.05, 0) is 134 Å². The SMILES string of the molecule is C=C1c2ccccc2-c2ccc(N(C3=CC=C(c4ccc5c(c4)c4ccccc4n5-c4ccc(-c5ccccc5)cc4)CC3)c3ccc4ccccc4c3)cc21. The van der Waals surface area contributed by atoms with Crippen molar-refractivity contribution in [1.29, 1.82) is 0 Å². The number of benzene rings is 8. The standard InChI is InChI=1S/C54H38N2/c1-36-47-15-7-8-16-48(47)49-31-30-46(35-51(36)49)55(45-29-23-38-13-5-6-14-41(38)33-45)43-25-21-40(22-26-43)42-24-32-54-52(34-42)50-17-9-10-18-53(50)56(54)44-27-19-39(20-28-44)37-11-3-2-4-12-37/h2-21,23-25,27-35H,1,22,26H2. The van der Waals surface area contributed by atoms with E-state index in [2.05, 4.69) is 210 Å². The molecule has 2 nitrogen and oxygen atoms in total. The van der Waals surface area contributed by atoms with Gasteiger partial charge in [0.2, 0.25) is 0 Å². The largest absolute Gasteiger partial charge is 0.314 e. The Kier molecular flexibility index (Phi) is 7.50. The van der Waals surface area contributed by atoms with Crippen LogP contribution in [-0.2, 0) is 0 Å². The van der Waals surface area contributed by atoms with Crippen LogP contribution in [0, 0.1) is 0 Å². The molecule has 56 heavy (non-hydrogen) atoms. The van der Waals surface area contributed by atoms with Gasteiger partial charge in [0.15, 0.2) is 0 Å². The predicted octanol–water partition coefficient (Wildman–Crippen LogP) is 14.5. The number of anilines is 2. The summed E-state index contributed by atoms with van der Waals surface area (Å²) in [5.74, 6) is 0. The lowest BCUT2D eigenvalue weighted by Crippen LogP contribution is -2.18. The minimum atomic E-state index is 0.921. The van der Waals surface area contributed by atoms with Crippen LogP contribution in [0.5, 0.6) is 0 Å². The highest BCUT2D eigenvalue weighted by atomic mass is 15.1. The number of nitrogens with zero attached hydrogens (tertiary/aromatic N) is 2. The molecule has 2 aliphatic rings. The molecule has 0 bridgehead atoms. The van der Waals surface area contributed by atoms with Crippen LogP contribution in [0.3, 0.4) is 0 Å². The molecule has 11 rings (SSSR count). The van der Waals surface area contributed by atoms with Gasteiger partial charge in [0.25, 0.3) is 0 Å². The van der Waals surface area contributed by atoms with Crippen molar-refractivity contribution in [2.75, 3.05) is 4.90 Å². The van der Waals surface area contributed by atoms with Gasteiger partial charge in [0.05, 0.1) is 11.0 Å². The molecule has 0 N–H and O–H groups in total. The number of allylic oxidation sites excluding steroid dienone is 4. The molecule has 0 radical (unpaired) electrons. The van der Waals surface area contributed by atoms with Crippen LogP contribution in [0.15, 0.2) is 206 Å². The maximum Gasteiger partial charge on any atom is 0.0541 e. The number of aromatic nitrogens is 1. The van der Waals surface area contributed by atoms with E-state index in [1.54, 1.807) is 0 Å². The van der Waals surface area contributed by atoms with Gasteiger partial charge in [0.1, 0.15) is 0 Å². The Morgan fingerprint density at radius 3 is 1.93 bits per heavy atom. The van der Waals surface area contributed by atoms with Crippen LogP contribution in [0.25, 0.3) is 71.7 Å². The van der Waals surface area contributed by atoms with Crippen molar-refractivity contribution in [1.82, 2.24) is 4.57 Å². The first-order chi connectivity index (χ1) is 27.7. The second kappa shape index (κ2) is 13.0. The second-order valence-electron chi connectivity index (χ2n) is 15.0. The molecule has 1 aromatic heterocycles. The zero-order valence-corrected chi connectivity index (χ0v) is 31.0. The summed E-state index contributed by atoms with van der Waals surface area (Å²) < 4.78 is 2.40. The molecule has 0 aliphatic heterocycles. The molecule has 2 heteroatoms. The number of hydrogen-bond donors (Lipinski definition) is 0. The third kappa shape index (κ3) is 5.26. The van der Waals surface area contributed by atoms with Crippen molar-refractivity contribution < 1.29 is 0 Å². The first-order valence-electron chi connectivity index (χ1n) is 19.5. The molecule has 0 saturated heterocycles. The van der Waals surface area contributed by atoms with Crippen molar-refractivity contribution in [3.63, 3.8) is 0 Å². The topological polar surface area (TPSA) is 8.17 Å². The quantitative estimate of drug-likeness (QED) is 0.166. The summed E-state index contributed by atoms with van der Waals surface area (Å²) in [6, 6.07) is 66.3. The highest BCUT2D eigenvalue weighted by Gasteiger charge is 2.25. The number of para-hydroxylation sites is 1.